The Morgan fingerprint density at radius 3 is 2.43 bits per heavy atom. The second-order valence-corrected chi connectivity index (χ2v) is 3.53. The smallest absolute Gasteiger partial charge is 0.231 e. The molecule has 3 nitrogen and oxygen atoms in total. The molecule has 0 unspecified atom stereocenters. The number of alkyl halides is 1. The van der Waals surface area contributed by atoms with E-state index in [-0.39, 0.29) is 18.1 Å². The molecule has 1 N–H and O–H groups in total. The normalized spacial score (nSPS) is 9.50. The van der Waals surface area contributed by atoms with Crippen molar-refractivity contribution in [2.75, 3.05) is 9.74 Å². The maximum atomic E-state index is 11.2. The van der Waals surface area contributed by atoms with Crippen LogP contribution in [-0.4, -0.2) is 16.1 Å². The number of Topliss-reactive ketones (excluding diaryl/α,β-unsaturated/α-hetero) is 1. The molecule has 1 amide bonds. The van der Waals surface area contributed by atoms with Crippen molar-refractivity contribution in [2.24, 2.45) is 0 Å². The van der Waals surface area contributed by atoms with E-state index >= 15 is 0 Å². The number of carbonyl (C=O) groups excluding carboxylic acids is 2. The van der Waals surface area contributed by atoms with Gasteiger partial charge >= 0.3 is 0 Å². The summed E-state index contributed by atoms with van der Waals surface area (Å²) < 4.78 is 0.375. The zero-order valence-electron chi connectivity index (χ0n) is 7.50. The highest BCUT2D eigenvalue weighted by molar-refractivity contribution is 14.1. The minimum atomic E-state index is -0.252. The lowest BCUT2D eigenvalue weighted by Gasteiger charge is -2.02. The Hall–Kier alpha value is -0.910. The fourth-order valence-electron chi connectivity index (χ4n) is 0.953. The molecule has 4 heteroatoms. The maximum Gasteiger partial charge on any atom is 0.231 e. The van der Waals surface area contributed by atoms with Gasteiger partial charge in [0.25, 0.3) is 0 Å². The summed E-state index contributed by atoms with van der Waals surface area (Å²) in [4.78, 5) is 22.2. The van der Waals surface area contributed by atoms with Gasteiger partial charge in [-0.05, 0) is 12.1 Å². The number of amides is 1. The van der Waals surface area contributed by atoms with E-state index in [0.29, 0.717) is 4.43 Å². The highest BCUT2D eigenvalue weighted by atomic mass is 127. The Labute approximate surface area is 96.0 Å². The molecule has 1 aromatic rings. The van der Waals surface area contributed by atoms with Gasteiger partial charge in [0.15, 0.2) is 5.78 Å². The van der Waals surface area contributed by atoms with Gasteiger partial charge in [-0.15, -0.1) is 0 Å². The van der Waals surface area contributed by atoms with Crippen LogP contribution in [0.1, 0.15) is 6.42 Å². The summed E-state index contributed by atoms with van der Waals surface area (Å²) in [6, 6.07) is 9.09. The Balaban J connectivity index is 2.46. The minimum Gasteiger partial charge on any atom is -0.326 e. The molecule has 0 aliphatic heterocycles. The van der Waals surface area contributed by atoms with Crippen LogP contribution in [0.4, 0.5) is 5.69 Å². The third-order valence-electron chi connectivity index (χ3n) is 1.56. The minimum absolute atomic E-state index is 0.0438. The standard InChI is InChI=1S/C10H10INO2/c11-7-9(13)6-10(14)12-8-4-2-1-3-5-8/h1-5H,6-7H2,(H,12,14). The van der Waals surface area contributed by atoms with Gasteiger partial charge in [-0.25, -0.2) is 0 Å². The molecule has 0 radical (unpaired) electrons. The van der Waals surface area contributed by atoms with Crippen LogP contribution in [0.3, 0.4) is 0 Å². The van der Waals surface area contributed by atoms with Gasteiger partial charge in [0, 0.05) is 5.69 Å². The topological polar surface area (TPSA) is 46.2 Å². The van der Waals surface area contributed by atoms with E-state index in [0.717, 1.165) is 5.69 Å². The number of ketones is 1. The molecule has 0 saturated heterocycles. The van der Waals surface area contributed by atoms with Gasteiger partial charge in [0.05, 0.1) is 10.8 Å². The quantitative estimate of drug-likeness (QED) is 0.525. The molecular weight excluding hydrogens is 293 g/mol. The molecule has 1 rings (SSSR count). The number of hydrogen-bond acceptors (Lipinski definition) is 2. The van der Waals surface area contributed by atoms with Crippen molar-refractivity contribution in [1.29, 1.82) is 0 Å². The molecule has 0 spiro atoms. The summed E-state index contributed by atoms with van der Waals surface area (Å²) in [7, 11) is 0. The summed E-state index contributed by atoms with van der Waals surface area (Å²) in [5.74, 6) is -0.308. The van der Waals surface area contributed by atoms with Gasteiger partial charge in [-0.2, -0.15) is 0 Å². The van der Waals surface area contributed by atoms with Crippen LogP contribution in [0.2, 0.25) is 0 Å². The van der Waals surface area contributed by atoms with E-state index < -0.39 is 0 Å². The first-order chi connectivity index (χ1) is 6.72. The molecule has 1 aromatic carbocycles. The van der Waals surface area contributed by atoms with Gasteiger partial charge < -0.3 is 5.32 Å². The van der Waals surface area contributed by atoms with Crippen molar-refractivity contribution >= 4 is 40.0 Å². The molecule has 0 aliphatic rings. The monoisotopic (exact) mass is 303 g/mol. The molecule has 0 bridgehead atoms. The predicted molar refractivity (Wildman–Crippen MR) is 63.6 cm³/mol. The summed E-state index contributed by atoms with van der Waals surface area (Å²) in [5.41, 5.74) is 0.721. The number of benzene rings is 1. The molecule has 14 heavy (non-hydrogen) atoms. The van der Waals surface area contributed by atoms with E-state index in [1.165, 1.54) is 0 Å². The largest absolute Gasteiger partial charge is 0.326 e. The Morgan fingerprint density at radius 2 is 1.86 bits per heavy atom. The van der Waals surface area contributed by atoms with Crippen LogP contribution in [0.25, 0.3) is 0 Å². The second-order valence-electron chi connectivity index (χ2n) is 2.76. The zero-order valence-corrected chi connectivity index (χ0v) is 9.65. The van der Waals surface area contributed by atoms with E-state index in [1.807, 2.05) is 40.8 Å². The number of carbonyl (C=O) groups is 2. The van der Waals surface area contributed by atoms with Gasteiger partial charge in [0.1, 0.15) is 0 Å². The first-order valence-corrected chi connectivity index (χ1v) is 5.67. The number of anilines is 1. The highest BCUT2D eigenvalue weighted by Crippen LogP contribution is 2.05. The van der Waals surface area contributed by atoms with E-state index in [9.17, 15) is 9.59 Å². The predicted octanol–water partition coefficient (Wildman–Crippen LogP) is 2.02. The lowest BCUT2D eigenvalue weighted by Crippen LogP contribution is -2.16. The first kappa shape index (κ1) is 11.2. The molecule has 0 aliphatic carbocycles. The lowest BCUT2D eigenvalue weighted by molar-refractivity contribution is -0.123. The van der Waals surface area contributed by atoms with E-state index in [1.54, 1.807) is 12.1 Å². The molecule has 0 aromatic heterocycles. The number of para-hydroxylation sites is 1. The van der Waals surface area contributed by atoms with E-state index in [2.05, 4.69) is 5.32 Å². The van der Waals surface area contributed by atoms with Crippen molar-refractivity contribution in [3.63, 3.8) is 0 Å². The molecule has 0 atom stereocenters. The molecule has 74 valence electrons. The van der Waals surface area contributed by atoms with E-state index in [4.69, 9.17) is 0 Å². The van der Waals surface area contributed by atoms with Crippen LogP contribution in [0.15, 0.2) is 30.3 Å². The maximum absolute atomic E-state index is 11.2. The summed E-state index contributed by atoms with van der Waals surface area (Å²) >= 11 is 1.95. The number of hydrogen-bond donors (Lipinski definition) is 1. The first-order valence-electron chi connectivity index (χ1n) is 4.15. The fraction of sp³-hybridized carbons (Fsp3) is 0.200. The Morgan fingerprint density at radius 1 is 1.21 bits per heavy atom. The van der Waals surface area contributed by atoms with Crippen molar-refractivity contribution in [2.45, 2.75) is 6.42 Å². The third kappa shape index (κ3) is 3.87. The second kappa shape index (κ2) is 5.74. The average Bonchev–Trinajstić information content (AvgIpc) is 2.19. The highest BCUT2D eigenvalue weighted by Gasteiger charge is 2.07. The summed E-state index contributed by atoms with van der Waals surface area (Å²) in [6.45, 7) is 0. The SMILES string of the molecule is O=C(CI)CC(=O)Nc1ccccc1. The van der Waals surface area contributed by atoms with Crippen molar-refractivity contribution in [3.05, 3.63) is 30.3 Å². The zero-order chi connectivity index (χ0) is 10.4. The Bertz CT molecular complexity index is 324. The van der Waals surface area contributed by atoms with Crippen LogP contribution in [0.5, 0.6) is 0 Å². The van der Waals surface area contributed by atoms with Crippen LogP contribution in [-0.2, 0) is 9.59 Å². The fourth-order valence-corrected chi connectivity index (χ4v) is 1.22. The van der Waals surface area contributed by atoms with Gasteiger partial charge in [0.2, 0.25) is 5.91 Å². The van der Waals surface area contributed by atoms with Crippen LogP contribution < -0.4 is 5.32 Å². The number of nitrogens with one attached hydrogen (secondary N) is 1. The molecular formula is C10H10INO2. The summed E-state index contributed by atoms with van der Waals surface area (Å²) in [6.07, 6.45) is -0.0438. The molecule has 0 fully saturated rings. The van der Waals surface area contributed by atoms with Gasteiger partial charge in [-0.1, -0.05) is 40.8 Å². The summed E-state index contributed by atoms with van der Waals surface area (Å²) in [5, 5.41) is 2.64. The van der Waals surface area contributed by atoms with Crippen molar-refractivity contribution in [3.8, 4) is 0 Å². The third-order valence-corrected chi connectivity index (χ3v) is 2.42. The van der Waals surface area contributed by atoms with Crippen LogP contribution in [0, 0.1) is 0 Å². The van der Waals surface area contributed by atoms with Crippen molar-refractivity contribution < 1.29 is 9.59 Å². The number of rotatable bonds is 4. The Kier molecular flexibility index (Phi) is 4.58. The molecule has 0 heterocycles. The average molecular weight is 303 g/mol. The van der Waals surface area contributed by atoms with Gasteiger partial charge in [-0.3, -0.25) is 9.59 Å². The van der Waals surface area contributed by atoms with Crippen LogP contribution >= 0.6 is 22.6 Å². The number of halogens is 1. The van der Waals surface area contributed by atoms with Crippen molar-refractivity contribution in [1.82, 2.24) is 0 Å². The lowest BCUT2D eigenvalue weighted by atomic mass is 10.2. The molecule has 0 saturated carbocycles.